The fourth-order valence-electron chi connectivity index (χ4n) is 1.11. The SMILES string of the molecule is C/C=S(/Cl)c1ccc(COC(C)C)cc1. The first-order chi connectivity index (χ1) is 7.13. The molecule has 0 heterocycles. The van der Waals surface area contributed by atoms with E-state index in [1.807, 2.05) is 26.1 Å². The summed E-state index contributed by atoms with van der Waals surface area (Å²) < 4.78 is 5.52. The number of benzene rings is 1. The van der Waals surface area contributed by atoms with Crippen LogP contribution in [0.25, 0.3) is 0 Å². The van der Waals surface area contributed by atoms with Crippen molar-refractivity contribution in [1.82, 2.24) is 0 Å². The van der Waals surface area contributed by atoms with Crippen molar-refractivity contribution in [2.24, 2.45) is 0 Å². The predicted molar refractivity (Wildman–Crippen MR) is 69.8 cm³/mol. The summed E-state index contributed by atoms with van der Waals surface area (Å²) in [5.74, 6) is 0. The minimum Gasteiger partial charge on any atom is -0.374 e. The van der Waals surface area contributed by atoms with Gasteiger partial charge in [-0.25, -0.2) is 0 Å². The van der Waals surface area contributed by atoms with Crippen LogP contribution < -0.4 is 0 Å². The van der Waals surface area contributed by atoms with E-state index in [2.05, 4.69) is 24.3 Å². The molecule has 1 rings (SSSR count). The van der Waals surface area contributed by atoms with E-state index in [9.17, 15) is 0 Å². The lowest BCUT2D eigenvalue weighted by atomic mass is 10.2. The second-order valence-corrected chi connectivity index (χ2v) is 6.03. The van der Waals surface area contributed by atoms with Gasteiger partial charge in [0.25, 0.3) is 0 Å². The average Bonchev–Trinajstić information content (AvgIpc) is 2.26. The van der Waals surface area contributed by atoms with Crippen LogP contribution in [0, 0.1) is 0 Å². The summed E-state index contributed by atoms with van der Waals surface area (Å²) in [4.78, 5) is 1.16. The minimum absolute atomic E-state index is 0.255. The lowest BCUT2D eigenvalue weighted by Crippen LogP contribution is -2.01. The van der Waals surface area contributed by atoms with E-state index in [1.165, 1.54) is 5.56 Å². The van der Waals surface area contributed by atoms with Crippen LogP contribution in [0.2, 0.25) is 0 Å². The zero-order valence-corrected chi connectivity index (χ0v) is 10.9. The Balaban J connectivity index is 2.64. The van der Waals surface area contributed by atoms with Crippen LogP contribution in [-0.2, 0) is 11.3 Å². The van der Waals surface area contributed by atoms with Gasteiger partial charge in [0.1, 0.15) is 0 Å². The molecule has 0 aliphatic rings. The van der Waals surface area contributed by atoms with Crippen LogP contribution >= 0.6 is 20.4 Å². The molecule has 0 saturated heterocycles. The van der Waals surface area contributed by atoms with E-state index in [0.717, 1.165) is 4.90 Å². The van der Waals surface area contributed by atoms with Crippen molar-refractivity contribution in [3.63, 3.8) is 0 Å². The van der Waals surface area contributed by atoms with Crippen molar-refractivity contribution < 1.29 is 4.74 Å². The van der Waals surface area contributed by atoms with Crippen LogP contribution in [0.15, 0.2) is 29.2 Å². The van der Waals surface area contributed by atoms with Crippen LogP contribution in [0.3, 0.4) is 0 Å². The fourth-order valence-corrected chi connectivity index (χ4v) is 2.09. The number of ether oxygens (including phenoxy) is 1. The molecule has 1 aromatic carbocycles. The normalized spacial score (nSPS) is 13.4. The third-order valence-corrected chi connectivity index (χ3v) is 4.14. The highest BCUT2D eigenvalue weighted by atomic mass is 35.7. The van der Waals surface area contributed by atoms with Crippen LogP contribution in [-0.4, -0.2) is 11.5 Å². The lowest BCUT2D eigenvalue weighted by molar-refractivity contribution is 0.0657. The maximum Gasteiger partial charge on any atom is 0.0720 e. The molecule has 0 aliphatic heterocycles. The van der Waals surface area contributed by atoms with Gasteiger partial charge in [-0.1, -0.05) is 21.8 Å². The highest BCUT2D eigenvalue weighted by Gasteiger charge is 1.98. The van der Waals surface area contributed by atoms with Crippen molar-refractivity contribution in [3.8, 4) is 0 Å². The first-order valence-corrected chi connectivity index (χ1v) is 7.14. The minimum atomic E-state index is -0.255. The summed E-state index contributed by atoms with van der Waals surface area (Å²) in [6.07, 6.45) is 0.274. The van der Waals surface area contributed by atoms with E-state index >= 15 is 0 Å². The third kappa shape index (κ3) is 4.37. The van der Waals surface area contributed by atoms with Crippen molar-refractivity contribution in [2.45, 2.75) is 38.4 Å². The van der Waals surface area contributed by atoms with Crippen molar-refractivity contribution in [1.29, 1.82) is 0 Å². The number of rotatable bonds is 4. The Labute approximate surface area is 98.8 Å². The van der Waals surface area contributed by atoms with Gasteiger partial charge in [-0.3, -0.25) is 0 Å². The first-order valence-electron chi connectivity index (χ1n) is 5.03. The lowest BCUT2D eigenvalue weighted by Gasteiger charge is -2.08. The van der Waals surface area contributed by atoms with Crippen molar-refractivity contribution in [3.05, 3.63) is 29.8 Å². The third-order valence-electron chi connectivity index (χ3n) is 1.94. The van der Waals surface area contributed by atoms with Crippen molar-refractivity contribution in [2.75, 3.05) is 0 Å². The molecule has 1 atom stereocenters. The van der Waals surface area contributed by atoms with E-state index < -0.39 is 0 Å². The van der Waals surface area contributed by atoms with Gasteiger partial charge < -0.3 is 4.74 Å². The quantitative estimate of drug-likeness (QED) is 0.721. The summed E-state index contributed by atoms with van der Waals surface area (Å²) in [5.41, 5.74) is 1.19. The van der Waals surface area contributed by atoms with Gasteiger partial charge >= 0.3 is 0 Å². The summed E-state index contributed by atoms with van der Waals surface area (Å²) >= 11 is 0. The van der Waals surface area contributed by atoms with Crippen LogP contribution in [0.1, 0.15) is 26.3 Å². The summed E-state index contributed by atoms with van der Waals surface area (Å²) in [6.45, 7) is 6.73. The molecule has 0 aromatic heterocycles. The molecule has 0 radical (unpaired) electrons. The molecule has 0 bridgehead atoms. The maximum absolute atomic E-state index is 6.11. The average molecular weight is 245 g/mol. The van der Waals surface area contributed by atoms with Gasteiger partial charge in [0, 0.05) is 4.90 Å². The van der Waals surface area contributed by atoms with E-state index in [0.29, 0.717) is 6.61 Å². The van der Waals surface area contributed by atoms with E-state index in [4.69, 9.17) is 15.4 Å². The molecular formula is C12H17ClOS. The Kier molecular flexibility index (Phi) is 5.37. The van der Waals surface area contributed by atoms with Gasteiger partial charge in [-0.05, 0) is 54.5 Å². The topological polar surface area (TPSA) is 9.23 Å². The highest BCUT2D eigenvalue weighted by Crippen LogP contribution is 2.30. The Hall–Kier alpha value is -0.310. The molecule has 3 heteroatoms. The molecule has 1 nitrogen and oxygen atoms in total. The smallest absolute Gasteiger partial charge is 0.0720 e. The van der Waals surface area contributed by atoms with E-state index in [-0.39, 0.29) is 15.8 Å². The predicted octanol–water partition coefficient (Wildman–Crippen LogP) is 4.22. The molecule has 15 heavy (non-hydrogen) atoms. The Bertz CT molecular complexity index is 330. The molecule has 0 spiro atoms. The summed E-state index contributed by atoms with van der Waals surface area (Å²) in [5, 5.41) is 2.00. The Morgan fingerprint density at radius 2 is 1.93 bits per heavy atom. The molecule has 0 fully saturated rings. The van der Waals surface area contributed by atoms with Gasteiger partial charge in [-0.15, -0.1) is 0 Å². The second kappa shape index (κ2) is 6.31. The van der Waals surface area contributed by atoms with E-state index in [1.54, 1.807) is 0 Å². The fraction of sp³-hybridized carbons (Fsp3) is 0.417. The summed E-state index contributed by atoms with van der Waals surface area (Å²) in [6, 6.07) is 8.28. The second-order valence-electron chi connectivity index (χ2n) is 3.52. The zero-order chi connectivity index (χ0) is 11.3. The Morgan fingerprint density at radius 3 is 2.40 bits per heavy atom. The highest BCUT2D eigenvalue weighted by molar-refractivity contribution is 8.34. The number of halogens is 1. The monoisotopic (exact) mass is 244 g/mol. The van der Waals surface area contributed by atoms with Gasteiger partial charge in [-0.2, -0.15) is 0 Å². The molecule has 0 saturated carbocycles. The summed E-state index contributed by atoms with van der Waals surface area (Å²) in [7, 11) is 5.86. The molecule has 84 valence electrons. The van der Waals surface area contributed by atoms with Crippen molar-refractivity contribution >= 4 is 25.7 Å². The molecular weight excluding hydrogens is 228 g/mol. The number of hydrogen-bond donors (Lipinski definition) is 0. The molecule has 0 N–H and O–H groups in total. The first kappa shape index (κ1) is 12.8. The molecule has 0 aliphatic carbocycles. The van der Waals surface area contributed by atoms with Gasteiger partial charge in [0.05, 0.1) is 12.7 Å². The largest absolute Gasteiger partial charge is 0.374 e. The van der Waals surface area contributed by atoms with Gasteiger partial charge in [0.2, 0.25) is 0 Å². The number of hydrogen-bond acceptors (Lipinski definition) is 1. The molecule has 1 aromatic rings. The zero-order valence-electron chi connectivity index (χ0n) is 9.37. The van der Waals surface area contributed by atoms with Crippen LogP contribution in [0.5, 0.6) is 0 Å². The Morgan fingerprint density at radius 1 is 1.33 bits per heavy atom. The van der Waals surface area contributed by atoms with Crippen LogP contribution in [0.4, 0.5) is 0 Å². The molecule has 0 amide bonds. The standard InChI is InChI=1S/C12H17ClOS/c1-4-15(13)12-7-5-11(6-8-12)9-14-10(2)3/h4-8,10H,9H2,1-3H3. The maximum atomic E-state index is 6.11. The molecule has 1 unspecified atom stereocenters. The van der Waals surface area contributed by atoms with Gasteiger partial charge in [0.15, 0.2) is 0 Å².